The van der Waals surface area contributed by atoms with Crippen LogP contribution < -0.4 is 4.90 Å². The van der Waals surface area contributed by atoms with Gasteiger partial charge in [0.05, 0.1) is 11.4 Å². The van der Waals surface area contributed by atoms with Gasteiger partial charge >= 0.3 is 0 Å². The summed E-state index contributed by atoms with van der Waals surface area (Å²) in [4.78, 5) is 2.39. The molecular formula is C46H31NO. The monoisotopic (exact) mass is 613 g/mol. The fraction of sp³-hybridized carbons (Fsp3) is 0. The molecule has 2 nitrogen and oxygen atoms in total. The molecule has 9 aromatic rings. The number of anilines is 3. The predicted molar refractivity (Wildman–Crippen MR) is 202 cm³/mol. The molecule has 8 aromatic carbocycles. The van der Waals surface area contributed by atoms with Crippen molar-refractivity contribution in [2.75, 3.05) is 4.90 Å². The highest BCUT2D eigenvalue weighted by Crippen LogP contribution is 2.47. The number of hydrogen-bond donors (Lipinski definition) is 0. The summed E-state index contributed by atoms with van der Waals surface area (Å²) in [6.07, 6.45) is 0. The Morgan fingerprint density at radius 1 is 0.333 bits per heavy atom. The molecule has 0 aliphatic carbocycles. The summed E-state index contributed by atoms with van der Waals surface area (Å²) >= 11 is 0. The molecule has 0 fully saturated rings. The van der Waals surface area contributed by atoms with Crippen molar-refractivity contribution >= 4 is 49.8 Å². The number of furan rings is 1. The summed E-state index contributed by atoms with van der Waals surface area (Å²) in [6, 6.07) is 66.8. The number of nitrogens with zero attached hydrogens (tertiary/aromatic N) is 1. The molecule has 0 bridgehead atoms. The van der Waals surface area contributed by atoms with Crippen LogP contribution in [0.1, 0.15) is 0 Å². The molecule has 0 saturated carbocycles. The van der Waals surface area contributed by atoms with Crippen LogP contribution in [-0.2, 0) is 0 Å². The van der Waals surface area contributed by atoms with Crippen LogP contribution in [0.15, 0.2) is 192 Å². The number of rotatable bonds is 6. The average molecular weight is 614 g/mol. The number of hydrogen-bond acceptors (Lipinski definition) is 2. The van der Waals surface area contributed by atoms with Gasteiger partial charge in [0.2, 0.25) is 0 Å². The Hall–Kier alpha value is -6.38. The smallest absolute Gasteiger partial charge is 0.143 e. The van der Waals surface area contributed by atoms with E-state index in [2.05, 4.69) is 181 Å². The van der Waals surface area contributed by atoms with Crippen molar-refractivity contribution in [3.8, 4) is 33.4 Å². The second-order valence-corrected chi connectivity index (χ2v) is 12.1. The van der Waals surface area contributed by atoms with Crippen LogP contribution in [0.2, 0.25) is 0 Å². The van der Waals surface area contributed by atoms with Crippen LogP contribution >= 0.6 is 0 Å². The van der Waals surface area contributed by atoms with Crippen LogP contribution in [0.5, 0.6) is 0 Å². The van der Waals surface area contributed by atoms with Crippen molar-refractivity contribution in [1.29, 1.82) is 0 Å². The average Bonchev–Trinajstić information content (AvgIpc) is 3.55. The van der Waals surface area contributed by atoms with Crippen molar-refractivity contribution in [1.82, 2.24) is 0 Å². The van der Waals surface area contributed by atoms with E-state index in [0.29, 0.717) is 0 Å². The molecule has 0 aliphatic rings. The minimum absolute atomic E-state index is 0.896. The highest BCUT2D eigenvalue weighted by Gasteiger charge is 2.22. The lowest BCUT2D eigenvalue weighted by molar-refractivity contribution is 0.670. The van der Waals surface area contributed by atoms with Crippen molar-refractivity contribution < 1.29 is 4.42 Å². The Morgan fingerprint density at radius 3 is 1.71 bits per heavy atom. The van der Waals surface area contributed by atoms with E-state index in [1.165, 1.54) is 27.5 Å². The van der Waals surface area contributed by atoms with Gasteiger partial charge < -0.3 is 9.32 Å². The second kappa shape index (κ2) is 11.8. The molecular weight excluding hydrogens is 583 g/mol. The van der Waals surface area contributed by atoms with E-state index < -0.39 is 0 Å². The number of para-hydroxylation sites is 4. The lowest BCUT2D eigenvalue weighted by atomic mass is 9.96. The normalized spacial score (nSPS) is 11.3. The first-order valence-corrected chi connectivity index (χ1v) is 16.4. The minimum atomic E-state index is 0.896. The lowest BCUT2D eigenvalue weighted by Gasteiger charge is -2.30. The molecule has 1 heterocycles. The van der Waals surface area contributed by atoms with Gasteiger partial charge in [-0.2, -0.15) is 0 Å². The first kappa shape index (κ1) is 27.9. The summed E-state index contributed by atoms with van der Waals surface area (Å²) in [5, 5.41) is 4.74. The van der Waals surface area contributed by atoms with Crippen molar-refractivity contribution in [3.63, 3.8) is 0 Å². The lowest BCUT2D eigenvalue weighted by Crippen LogP contribution is -2.12. The first-order chi connectivity index (χ1) is 23.8. The fourth-order valence-corrected chi connectivity index (χ4v) is 7.06. The molecule has 0 radical (unpaired) electrons. The topological polar surface area (TPSA) is 16.4 Å². The van der Waals surface area contributed by atoms with Crippen LogP contribution in [0, 0.1) is 0 Å². The summed E-state index contributed by atoms with van der Waals surface area (Å²) in [5.74, 6) is 0. The van der Waals surface area contributed by atoms with Gasteiger partial charge in [0.25, 0.3) is 0 Å². The third kappa shape index (κ3) is 4.74. The zero-order valence-corrected chi connectivity index (χ0v) is 26.3. The molecule has 1 aromatic heterocycles. The summed E-state index contributed by atoms with van der Waals surface area (Å²) in [6.45, 7) is 0. The Kier molecular flexibility index (Phi) is 6.84. The SMILES string of the molecule is c1ccc(-c2ccccc2N(c2ccc(-c3cccc4ccccc34)cc2)c2ccccc2-c2cccc3c2oc2ccccc23)cc1. The standard InChI is InChI=1S/C46H31NO/c1-2-14-33(15-3-1)38-19-6-9-25-43(38)47(35-30-28-34(29-31-35)37-22-12-17-32-16-4-5-18-36(32)37)44-26-10-7-20-39(44)41-23-13-24-42-40-21-8-11-27-45(40)48-46(41)42/h1-31H. The molecule has 226 valence electrons. The van der Waals surface area contributed by atoms with Gasteiger partial charge in [-0.1, -0.05) is 158 Å². The van der Waals surface area contributed by atoms with E-state index in [0.717, 1.165) is 55.7 Å². The Balaban J connectivity index is 1.27. The van der Waals surface area contributed by atoms with Crippen molar-refractivity contribution in [2.24, 2.45) is 0 Å². The maximum Gasteiger partial charge on any atom is 0.143 e. The highest BCUT2D eigenvalue weighted by molar-refractivity contribution is 6.11. The van der Waals surface area contributed by atoms with Crippen LogP contribution in [0.3, 0.4) is 0 Å². The van der Waals surface area contributed by atoms with Crippen LogP contribution in [0.25, 0.3) is 66.1 Å². The van der Waals surface area contributed by atoms with Gasteiger partial charge in [-0.05, 0) is 57.8 Å². The van der Waals surface area contributed by atoms with Gasteiger partial charge in [-0.3, -0.25) is 0 Å². The maximum atomic E-state index is 6.56. The van der Waals surface area contributed by atoms with E-state index in [9.17, 15) is 0 Å². The van der Waals surface area contributed by atoms with E-state index in [4.69, 9.17) is 4.42 Å². The number of benzene rings is 8. The third-order valence-corrected chi connectivity index (χ3v) is 9.30. The predicted octanol–water partition coefficient (Wildman–Crippen LogP) is 13.2. The van der Waals surface area contributed by atoms with Gasteiger partial charge in [0.15, 0.2) is 0 Å². The second-order valence-electron chi connectivity index (χ2n) is 12.1. The van der Waals surface area contributed by atoms with Gasteiger partial charge in [0, 0.05) is 33.2 Å². The summed E-state index contributed by atoms with van der Waals surface area (Å²) in [7, 11) is 0. The fourth-order valence-electron chi connectivity index (χ4n) is 7.06. The maximum absolute atomic E-state index is 6.56. The van der Waals surface area contributed by atoms with Gasteiger partial charge in [-0.15, -0.1) is 0 Å². The largest absolute Gasteiger partial charge is 0.455 e. The van der Waals surface area contributed by atoms with E-state index in [1.54, 1.807) is 0 Å². The zero-order chi connectivity index (χ0) is 31.9. The quantitative estimate of drug-likeness (QED) is 0.185. The third-order valence-electron chi connectivity index (χ3n) is 9.30. The van der Waals surface area contributed by atoms with E-state index in [1.807, 2.05) is 12.1 Å². The van der Waals surface area contributed by atoms with Gasteiger partial charge in [0.1, 0.15) is 11.2 Å². The highest BCUT2D eigenvalue weighted by atomic mass is 16.3. The molecule has 48 heavy (non-hydrogen) atoms. The Morgan fingerprint density at radius 2 is 0.875 bits per heavy atom. The molecule has 0 spiro atoms. The molecule has 0 N–H and O–H groups in total. The number of fused-ring (bicyclic) bond motifs is 4. The van der Waals surface area contributed by atoms with Crippen molar-refractivity contribution in [2.45, 2.75) is 0 Å². The Labute approximate surface area is 279 Å². The van der Waals surface area contributed by atoms with Crippen LogP contribution in [0.4, 0.5) is 17.1 Å². The molecule has 0 atom stereocenters. The van der Waals surface area contributed by atoms with Gasteiger partial charge in [-0.25, -0.2) is 0 Å². The summed E-state index contributed by atoms with van der Waals surface area (Å²) < 4.78 is 6.56. The van der Waals surface area contributed by atoms with E-state index >= 15 is 0 Å². The zero-order valence-electron chi connectivity index (χ0n) is 26.3. The van der Waals surface area contributed by atoms with E-state index in [-0.39, 0.29) is 0 Å². The molecule has 0 aliphatic heterocycles. The molecule has 0 saturated heterocycles. The van der Waals surface area contributed by atoms with Crippen molar-refractivity contribution in [3.05, 3.63) is 188 Å². The molecule has 0 amide bonds. The van der Waals surface area contributed by atoms with Crippen LogP contribution in [-0.4, -0.2) is 0 Å². The Bertz CT molecular complexity index is 2560. The molecule has 2 heteroatoms. The summed E-state index contributed by atoms with van der Waals surface area (Å²) in [5.41, 5.74) is 12.0. The molecule has 9 rings (SSSR count). The minimum Gasteiger partial charge on any atom is -0.455 e. The molecule has 0 unspecified atom stereocenters. The first-order valence-electron chi connectivity index (χ1n) is 16.4.